The molecular formula is C17H26N2O. The van der Waals surface area contributed by atoms with Gasteiger partial charge in [-0.3, -0.25) is 4.79 Å². The minimum absolute atomic E-state index is 0.207. The minimum Gasteiger partial charge on any atom is -0.353 e. The molecule has 110 valence electrons. The van der Waals surface area contributed by atoms with Crippen molar-refractivity contribution in [3.05, 3.63) is 35.9 Å². The van der Waals surface area contributed by atoms with Crippen molar-refractivity contribution < 1.29 is 4.79 Å². The molecule has 1 aromatic carbocycles. The van der Waals surface area contributed by atoms with Crippen LogP contribution in [-0.4, -0.2) is 25.0 Å². The number of nitrogens with one attached hydrogen (secondary N) is 2. The predicted octanol–water partition coefficient (Wildman–Crippen LogP) is 2.61. The Labute approximate surface area is 122 Å². The summed E-state index contributed by atoms with van der Waals surface area (Å²) in [6.07, 6.45) is 3.74. The SMILES string of the molecule is CCC(CC)NC(=O)C1(c2ccccc2)CCNCC1. The van der Waals surface area contributed by atoms with Crippen LogP contribution in [0.15, 0.2) is 30.3 Å². The van der Waals surface area contributed by atoms with Crippen LogP contribution in [0.1, 0.15) is 45.1 Å². The van der Waals surface area contributed by atoms with Crippen molar-refractivity contribution in [3.8, 4) is 0 Å². The fourth-order valence-electron chi connectivity index (χ4n) is 3.07. The molecule has 1 aliphatic rings. The Morgan fingerprint density at radius 2 is 1.80 bits per heavy atom. The second-order valence-corrected chi connectivity index (χ2v) is 5.69. The number of amides is 1. The third-order valence-corrected chi connectivity index (χ3v) is 4.54. The lowest BCUT2D eigenvalue weighted by Crippen LogP contribution is -2.52. The van der Waals surface area contributed by atoms with Crippen LogP contribution in [-0.2, 0) is 10.2 Å². The van der Waals surface area contributed by atoms with E-state index in [1.165, 1.54) is 0 Å². The summed E-state index contributed by atoms with van der Waals surface area (Å²) in [5, 5.41) is 6.62. The summed E-state index contributed by atoms with van der Waals surface area (Å²) in [4.78, 5) is 12.9. The quantitative estimate of drug-likeness (QED) is 0.866. The van der Waals surface area contributed by atoms with Gasteiger partial charge in [0.15, 0.2) is 0 Å². The van der Waals surface area contributed by atoms with Crippen LogP contribution < -0.4 is 10.6 Å². The van der Waals surface area contributed by atoms with E-state index >= 15 is 0 Å². The number of piperidine rings is 1. The molecule has 0 saturated carbocycles. The lowest BCUT2D eigenvalue weighted by molar-refractivity contribution is -0.128. The molecule has 20 heavy (non-hydrogen) atoms. The van der Waals surface area contributed by atoms with E-state index in [9.17, 15) is 4.79 Å². The molecular weight excluding hydrogens is 248 g/mol. The number of carbonyl (C=O) groups is 1. The molecule has 1 aliphatic heterocycles. The smallest absolute Gasteiger partial charge is 0.230 e. The van der Waals surface area contributed by atoms with Crippen LogP contribution in [0.5, 0.6) is 0 Å². The summed E-state index contributed by atoms with van der Waals surface area (Å²) in [7, 11) is 0. The number of hydrogen-bond acceptors (Lipinski definition) is 2. The second kappa shape index (κ2) is 6.89. The van der Waals surface area contributed by atoms with Crippen molar-refractivity contribution in [2.75, 3.05) is 13.1 Å². The van der Waals surface area contributed by atoms with Crippen LogP contribution in [0, 0.1) is 0 Å². The van der Waals surface area contributed by atoms with Crippen molar-refractivity contribution in [2.45, 2.75) is 51.0 Å². The number of rotatable bonds is 5. The van der Waals surface area contributed by atoms with Crippen LogP contribution in [0.4, 0.5) is 0 Å². The summed E-state index contributed by atoms with van der Waals surface area (Å²) in [5.74, 6) is 0.207. The largest absolute Gasteiger partial charge is 0.353 e. The lowest BCUT2D eigenvalue weighted by Gasteiger charge is -2.37. The van der Waals surface area contributed by atoms with Gasteiger partial charge in [0.1, 0.15) is 0 Å². The van der Waals surface area contributed by atoms with Gasteiger partial charge in [-0.05, 0) is 44.3 Å². The van der Waals surface area contributed by atoms with E-state index in [0.717, 1.165) is 44.3 Å². The highest BCUT2D eigenvalue weighted by molar-refractivity contribution is 5.88. The normalized spacial score (nSPS) is 17.9. The van der Waals surface area contributed by atoms with E-state index in [-0.39, 0.29) is 17.4 Å². The summed E-state index contributed by atoms with van der Waals surface area (Å²) in [6.45, 7) is 6.08. The van der Waals surface area contributed by atoms with Gasteiger partial charge in [-0.15, -0.1) is 0 Å². The molecule has 3 nitrogen and oxygen atoms in total. The molecule has 1 aromatic rings. The third-order valence-electron chi connectivity index (χ3n) is 4.54. The topological polar surface area (TPSA) is 41.1 Å². The fraction of sp³-hybridized carbons (Fsp3) is 0.588. The Balaban J connectivity index is 2.25. The van der Waals surface area contributed by atoms with Gasteiger partial charge in [0.2, 0.25) is 5.91 Å². The molecule has 0 aromatic heterocycles. The molecule has 0 aliphatic carbocycles. The van der Waals surface area contributed by atoms with E-state index in [2.05, 4.69) is 36.6 Å². The van der Waals surface area contributed by atoms with E-state index < -0.39 is 0 Å². The minimum atomic E-state index is -0.352. The Morgan fingerprint density at radius 3 is 2.35 bits per heavy atom. The maximum atomic E-state index is 12.9. The Morgan fingerprint density at radius 1 is 1.20 bits per heavy atom. The summed E-state index contributed by atoms with van der Waals surface area (Å²) in [6, 6.07) is 10.6. The molecule has 1 amide bonds. The summed E-state index contributed by atoms with van der Waals surface area (Å²) >= 11 is 0. The first-order valence-electron chi connectivity index (χ1n) is 7.80. The Hall–Kier alpha value is -1.35. The molecule has 0 spiro atoms. The molecule has 1 heterocycles. The van der Waals surface area contributed by atoms with Crippen molar-refractivity contribution >= 4 is 5.91 Å². The molecule has 0 atom stereocenters. The third kappa shape index (κ3) is 3.04. The number of benzene rings is 1. The number of hydrogen-bond donors (Lipinski definition) is 2. The van der Waals surface area contributed by atoms with Gasteiger partial charge >= 0.3 is 0 Å². The first kappa shape index (κ1) is 15.0. The zero-order valence-electron chi connectivity index (χ0n) is 12.6. The molecule has 2 rings (SSSR count). The Kier molecular flexibility index (Phi) is 5.18. The van der Waals surface area contributed by atoms with Gasteiger partial charge < -0.3 is 10.6 Å². The highest BCUT2D eigenvalue weighted by Gasteiger charge is 2.41. The standard InChI is InChI=1S/C17H26N2O/c1-3-15(4-2)19-16(20)17(10-12-18-13-11-17)14-8-6-5-7-9-14/h5-9,15,18H,3-4,10-13H2,1-2H3,(H,19,20). The maximum Gasteiger partial charge on any atom is 0.230 e. The van der Waals surface area contributed by atoms with Crippen LogP contribution in [0.25, 0.3) is 0 Å². The predicted molar refractivity (Wildman–Crippen MR) is 82.7 cm³/mol. The Bertz CT molecular complexity index is 420. The first-order valence-corrected chi connectivity index (χ1v) is 7.80. The maximum absolute atomic E-state index is 12.9. The molecule has 3 heteroatoms. The molecule has 0 radical (unpaired) electrons. The van der Waals surface area contributed by atoms with E-state index in [1.54, 1.807) is 0 Å². The zero-order chi connectivity index (χ0) is 14.4. The zero-order valence-corrected chi connectivity index (χ0v) is 12.6. The van der Waals surface area contributed by atoms with Gasteiger partial charge in [-0.2, -0.15) is 0 Å². The summed E-state index contributed by atoms with van der Waals surface area (Å²) in [5.41, 5.74) is 0.805. The molecule has 0 unspecified atom stereocenters. The molecule has 0 bridgehead atoms. The van der Waals surface area contributed by atoms with Gasteiger partial charge in [0, 0.05) is 6.04 Å². The van der Waals surface area contributed by atoms with E-state index in [0.29, 0.717) is 0 Å². The summed E-state index contributed by atoms with van der Waals surface area (Å²) < 4.78 is 0. The van der Waals surface area contributed by atoms with Gasteiger partial charge in [-0.25, -0.2) is 0 Å². The van der Waals surface area contributed by atoms with Crippen molar-refractivity contribution in [1.82, 2.24) is 10.6 Å². The van der Waals surface area contributed by atoms with Crippen molar-refractivity contribution in [3.63, 3.8) is 0 Å². The van der Waals surface area contributed by atoms with Crippen LogP contribution in [0.2, 0.25) is 0 Å². The molecule has 2 N–H and O–H groups in total. The molecule has 1 saturated heterocycles. The fourth-order valence-corrected chi connectivity index (χ4v) is 3.07. The van der Waals surface area contributed by atoms with Crippen molar-refractivity contribution in [2.24, 2.45) is 0 Å². The molecule has 1 fully saturated rings. The van der Waals surface area contributed by atoms with E-state index in [1.807, 2.05) is 18.2 Å². The van der Waals surface area contributed by atoms with E-state index in [4.69, 9.17) is 0 Å². The van der Waals surface area contributed by atoms with Crippen LogP contribution in [0.3, 0.4) is 0 Å². The second-order valence-electron chi connectivity index (χ2n) is 5.69. The van der Waals surface area contributed by atoms with Gasteiger partial charge in [0.05, 0.1) is 5.41 Å². The first-order chi connectivity index (χ1) is 9.73. The van der Waals surface area contributed by atoms with Gasteiger partial charge in [-0.1, -0.05) is 44.2 Å². The number of carbonyl (C=O) groups excluding carboxylic acids is 1. The van der Waals surface area contributed by atoms with Crippen molar-refractivity contribution in [1.29, 1.82) is 0 Å². The average Bonchev–Trinajstić information content (AvgIpc) is 2.53. The van der Waals surface area contributed by atoms with Gasteiger partial charge in [0.25, 0.3) is 0 Å². The average molecular weight is 274 g/mol. The monoisotopic (exact) mass is 274 g/mol. The highest BCUT2D eigenvalue weighted by Crippen LogP contribution is 2.34. The highest BCUT2D eigenvalue weighted by atomic mass is 16.2. The lowest BCUT2D eigenvalue weighted by atomic mass is 9.72. The van der Waals surface area contributed by atoms with Crippen LogP contribution >= 0.6 is 0 Å².